The fraction of sp³-hybridized carbons (Fsp3) is 0.667. The zero-order valence-corrected chi connectivity index (χ0v) is 17.3. The molecule has 25 heavy (non-hydrogen) atoms. The minimum atomic E-state index is 0. The SMILES string of the molecule is CCCC[C@@H](c1ccc(OC)c(OC)c1OC)N1CCNCC1.Cl.Cl. The van der Waals surface area contributed by atoms with Crippen LogP contribution in [0.25, 0.3) is 0 Å². The fourth-order valence-electron chi connectivity index (χ4n) is 3.31. The highest BCUT2D eigenvalue weighted by molar-refractivity contribution is 5.85. The molecule has 1 heterocycles. The van der Waals surface area contributed by atoms with Crippen LogP contribution in [0.2, 0.25) is 0 Å². The van der Waals surface area contributed by atoms with Gasteiger partial charge in [0, 0.05) is 37.8 Å². The van der Waals surface area contributed by atoms with Gasteiger partial charge in [-0.1, -0.05) is 19.8 Å². The molecular weight excluding hydrogens is 363 g/mol. The number of halogens is 2. The summed E-state index contributed by atoms with van der Waals surface area (Å²) in [6.07, 6.45) is 3.52. The van der Waals surface area contributed by atoms with Crippen LogP contribution in [0.15, 0.2) is 12.1 Å². The molecule has 1 saturated heterocycles. The molecule has 1 aromatic rings. The number of methoxy groups -OCH3 is 3. The molecule has 0 bridgehead atoms. The molecule has 2 rings (SSSR count). The van der Waals surface area contributed by atoms with E-state index >= 15 is 0 Å². The highest BCUT2D eigenvalue weighted by Gasteiger charge is 2.27. The quantitative estimate of drug-likeness (QED) is 0.727. The van der Waals surface area contributed by atoms with E-state index in [0.29, 0.717) is 17.5 Å². The largest absolute Gasteiger partial charge is 0.493 e. The lowest BCUT2D eigenvalue weighted by molar-refractivity contribution is 0.159. The minimum Gasteiger partial charge on any atom is -0.493 e. The van der Waals surface area contributed by atoms with Gasteiger partial charge < -0.3 is 19.5 Å². The molecule has 0 aliphatic carbocycles. The third kappa shape index (κ3) is 5.81. The van der Waals surface area contributed by atoms with Crippen molar-refractivity contribution in [1.29, 1.82) is 0 Å². The first-order valence-electron chi connectivity index (χ1n) is 8.50. The van der Waals surface area contributed by atoms with Gasteiger partial charge in [0.1, 0.15) is 0 Å². The Hall–Kier alpha value is -0.880. The van der Waals surface area contributed by atoms with Crippen LogP contribution in [0.1, 0.15) is 37.8 Å². The maximum absolute atomic E-state index is 5.71. The Morgan fingerprint density at radius 2 is 1.64 bits per heavy atom. The van der Waals surface area contributed by atoms with E-state index in [1.54, 1.807) is 21.3 Å². The number of benzene rings is 1. The average Bonchev–Trinajstić information content (AvgIpc) is 2.62. The molecule has 0 unspecified atom stereocenters. The van der Waals surface area contributed by atoms with Crippen molar-refractivity contribution >= 4 is 24.8 Å². The summed E-state index contributed by atoms with van der Waals surface area (Å²) >= 11 is 0. The van der Waals surface area contributed by atoms with E-state index in [0.717, 1.165) is 38.3 Å². The molecule has 0 aromatic heterocycles. The maximum Gasteiger partial charge on any atom is 0.203 e. The molecule has 0 amide bonds. The van der Waals surface area contributed by atoms with E-state index in [4.69, 9.17) is 14.2 Å². The zero-order valence-electron chi connectivity index (χ0n) is 15.7. The molecule has 1 atom stereocenters. The number of rotatable bonds is 8. The smallest absolute Gasteiger partial charge is 0.203 e. The van der Waals surface area contributed by atoms with Gasteiger partial charge in [-0.05, 0) is 18.6 Å². The van der Waals surface area contributed by atoms with Crippen LogP contribution in [-0.4, -0.2) is 52.4 Å². The molecule has 0 radical (unpaired) electrons. The summed E-state index contributed by atoms with van der Waals surface area (Å²) in [4.78, 5) is 2.55. The minimum absolute atomic E-state index is 0. The number of nitrogens with zero attached hydrogens (tertiary/aromatic N) is 1. The van der Waals surface area contributed by atoms with Crippen LogP contribution in [0.5, 0.6) is 17.2 Å². The summed E-state index contributed by atoms with van der Waals surface area (Å²) in [7, 11) is 5.02. The first kappa shape index (κ1) is 24.1. The summed E-state index contributed by atoms with van der Waals surface area (Å²) in [5, 5.41) is 3.43. The molecule has 1 aliphatic rings. The zero-order chi connectivity index (χ0) is 16.7. The second kappa shape index (κ2) is 12.5. The Morgan fingerprint density at radius 3 is 2.16 bits per heavy atom. The lowest BCUT2D eigenvalue weighted by Crippen LogP contribution is -2.45. The van der Waals surface area contributed by atoms with Gasteiger partial charge in [0.05, 0.1) is 21.3 Å². The molecular formula is C18H32Cl2N2O3. The molecule has 1 aromatic carbocycles. The van der Waals surface area contributed by atoms with Crippen LogP contribution >= 0.6 is 24.8 Å². The Balaban J connectivity index is 0.00000288. The predicted octanol–water partition coefficient (Wildman–Crippen LogP) is 3.69. The molecule has 1 aliphatic heterocycles. The molecule has 146 valence electrons. The van der Waals surface area contributed by atoms with Crippen molar-refractivity contribution < 1.29 is 14.2 Å². The van der Waals surface area contributed by atoms with Crippen molar-refractivity contribution in [2.45, 2.75) is 32.2 Å². The van der Waals surface area contributed by atoms with E-state index in [9.17, 15) is 0 Å². The van der Waals surface area contributed by atoms with Crippen LogP contribution < -0.4 is 19.5 Å². The van der Waals surface area contributed by atoms with E-state index in [1.165, 1.54) is 18.4 Å². The first-order chi connectivity index (χ1) is 11.3. The highest BCUT2D eigenvalue weighted by atomic mass is 35.5. The fourth-order valence-corrected chi connectivity index (χ4v) is 3.31. The number of ether oxygens (including phenoxy) is 3. The number of piperazine rings is 1. The van der Waals surface area contributed by atoms with Gasteiger partial charge in [-0.25, -0.2) is 0 Å². The first-order valence-corrected chi connectivity index (χ1v) is 8.50. The highest BCUT2D eigenvalue weighted by Crippen LogP contribution is 2.44. The van der Waals surface area contributed by atoms with Crippen LogP contribution in [0.4, 0.5) is 0 Å². The summed E-state index contributed by atoms with van der Waals surface area (Å²) in [6.45, 7) is 6.44. The summed E-state index contributed by atoms with van der Waals surface area (Å²) in [5.74, 6) is 2.19. The van der Waals surface area contributed by atoms with Gasteiger partial charge in [-0.2, -0.15) is 0 Å². The number of hydrogen-bond donors (Lipinski definition) is 1. The Labute approximate surface area is 164 Å². The van der Waals surface area contributed by atoms with Crippen LogP contribution in [0, 0.1) is 0 Å². The van der Waals surface area contributed by atoms with Crippen molar-refractivity contribution in [3.63, 3.8) is 0 Å². The summed E-state index contributed by atoms with van der Waals surface area (Å²) in [5.41, 5.74) is 1.19. The van der Waals surface area contributed by atoms with Gasteiger partial charge in [0.2, 0.25) is 5.75 Å². The third-order valence-corrected chi connectivity index (χ3v) is 4.52. The Morgan fingerprint density at radius 1 is 1.00 bits per heavy atom. The van der Waals surface area contributed by atoms with Gasteiger partial charge in [0.15, 0.2) is 11.5 Å². The van der Waals surface area contributed by atoms with Gasteiger partial charge in [-0.15, -0.1) is 24.8 Å². The van der Waals surface area contributed by atoms with Gasteiger partial charge in [-0.3, -0.25) is 4.90 Å². The van der Waals surface area contributed by atoms with Gasteiger partial charge >= 0.3 is 0 Å². The number of nitrogens with one attached hydrogen (secondary N) is 1. The van der Waals surface area contributed by atoms with Crippen molar-refractivity contribution in [3.05, 3.63) is 17.7 Å². The molecule has 7 heteroatoms. The average molecular weight is 395 g/mol. The van der Waals surface area contributed by atoms with E-state index in [2.05, 4.69) is 23.2 Å². The van der Waals surface area contributed by atoms with Crippen molar-refractivity contribution in [2.75, 3.05) is 47.5 Å². The third-order valence-electron chi connectivity index (χ3n) is 4.52. The van der Waals surface area contributed by atoms with Crippen LogP contribution in [0.3, 0.4) is 0 Å². The molecule has 0 saturated carbocycles. The lowest BCUT2D eigenvalue weighted by Gasteiger charge is -2.36. The normalized spacial score (nSPS) is 15.5. The van der Waals surface area contributed by atoms with E-state index in [1.807, 2.05) is 6.07 Å². The Kier molecular flexibility index (Phi) is 12.0. The second-order valence-corrected chi connectivity index (χ2v) is 5.87. The van der Waals surface area contributed by atoms with Crippen molar-refractivity contribution in [3.8, 4) is 17.2 Å². The molecule has 5 nitrogen and oxygen atoms in total. The maximum atomic E-state index is 5.71. The molecule has 1 N–H and O–H groups in total. The van der Waals surface area contributed by atoms with Crippen LogP contribution in [-0.2, 0) is 0 Å². The lowest BCUT2D eigenvalue weighted by atomic mass is 9.97. The predicted molar refractivity (Wildman–Crippen MR) is 107 cm³/mol. The summed E-state index contributed by atoms with van der Waals surface area (Å²) in [6, 6.07) is 4.47. The number of unbranched alkanes of at least 4 members (excludes halogenated alkanes) is 1. The van der Waals surface area contributed by atoms with Crippen molar-refractivity contribution in [2.24, 2.45) is 0 Å². The molecule has 1 fully saturated rings. The Bertz CT molecular complexity index is 497. The monoisotopic (exact) mass is 394 g/mol. The second-order valence-electron chi connectivity index (χ2n) is 5.87. The van der Waals surface area contributed by atoms with Crippen molar-refractivity contribution in [1.82, 2.24) is 10.2 Å². The standard InChI is InChI=1S/C18H30N2O3.2ClH/c1-5-6-7-15(20-12-10-19-11-13-20)14-8-9-16(21-2)18(23-4)17(14)22-3;;/h8-9,15,19H,5-7,10-13H2,1-4H3;2*1H/t15-;;/m0../s1. The van der Waals surface area contributed by atoms with Gasteiger partial charge in [0.25, 0.3) is 0 Å². The topological polar surface area (TPSA) is 43.0 Å². The molecule has 0 spiro atoms. The van der Waals surface area contributed by atoms with E-state index in [-0.39, 0.29) is 24.8 Å². The summed E-state index contributed by atoms with van der Waals surface area (Å²) < 4.78 is 16.7. The van der Waals surface area contributed by atoms with E-state index < -0.39 is 0 Å². The number of hydrogen-bond acceptors (Lipinski definition) is 5.